The van der Waals surface area contributed by atoms with Gasteiger partial charge in [0.1, 0.15) is 0 Å². The van der Waals surface area contributed by atoms with E-state index >= 15 is 0 Å². The van der Waals surface area contributed by atoms with Gasteiger partial charge in [0.15, 0.2) is 0 Å². The van der Waals surface area contributed by atoms with Crippen molar-refractivity contribution >= 4 is 27.5 Å². The number of aryl methyl sites for hydroxylation is 1. The lowest BCUT2D eigenvalue weighted by Gasteiger charge is -2.29. The Balaban J connectivity index is 2.24. The van der Waals surface area contributed by atoms with Crippen molar-refractivity contribution in [2.45, 2.75) is 6.92 Å². The molecular weight excluding hydrogens is 256 g/mol. The molecule has 0 spiro atoms. The van der Waals surface area contributed by atoms with Crippen LogP contribution in [0, 0.1) is 6.92 Å². The number of anilines is 1. The van der Waals surface area contributed by atoms with Crippen molar-refractivity contribution < 1.29 is 4.79 Å². The summed E-state index contributed by atoms with van der Waals surface area (Å²) >= 11 is 3.53. The zero-order chi connectivity index (χ0) is 10.8. The molecule has 0 aliphatic carbocycles. The predicted molar refractivity (Wildman–Crippen MR) is 64.1 cm³/mol. The van der Waals surface area contributed by atoms with Crippen LogP contribution in [0.15, 0.2) is 22.7 Å². The van der Waals surface area contributed by atoms with Gasteiger partial charge in [0.2, 0.25) is 5.91 Å². The number of hydrogen-bond acceptors (Lipinski definition) is 2. The molecule has 1 amide bonds. The van der Waals surface area contributed by atoms with Gasteiger partial charge in [0, 0.05) is 17.6 Å². The van der Waals surface area contributed by atoms with Crippen LogP contribution in [0.2, 0.25) is 0 Å². The van der Waals surface area contributed by atoms with Gasteiger partial charge in [-0.3, -0.25) is 4.79 Å². The number of nitrogens with zero attached hydrogens (tertiary/aromatic N) is 1. The highest BCUT2D eigenvalue weighted by Crippen LogP contribution is 2.27. The number of hydrogen-bond donors (Lipinski definition) is 1. The number of halogens is 1. The Hall–Kier alpha value is -1.03. The number of carbonyl (C=O) groups is 1. The van der Waals surface area contributed by atoms with Crippen LogP contribution in [-0.2, 0) is 4.79 Å². The molecule has 1 aromatic carbocycles. The molecule has 0 unspecified atom stereocenters. The first-order valence-electron chi connectivity index (χ1n) is 4.94. The van der Waals surface area contributed by atoms with E-state index in [4.69, 9.17) is 0 Å². The van der Waals surface area contributed by atoms with Gasteiger partial charge in [-0.15, -0.1) is 0 Å². The summed E-state index contributed by atoms with van der Waals surface area (Å²) in [4.78, 5) is 13.3. The van der Waals surface area contributed by atoms with Gasteiger partial charge in [0.05, 0.1) is 12.2 Å². The fourth-order valence-electron chi connectivity index (χ4n) is 1.71. The summed E-state index contributed by atoms with van der Waals surface area (Å²) in [5.74, 6) is 0.0914. The molecule has 1 heterocycles. The Morgan fingerprint density at radius 2 is 2.27 bits per heavy atom. The van der Waals surface area contributed by atoms with E-state index in [9.17, 15) is 4.79 Å². The average Bonchev–Trinajstić information content (AvgIpc) is 2.17. The van der Waals surface area contributed by atoms with E-state index in [-0.39, 0.29) is 5.91 Å². The molecule has 0 bridgehead atoms. The maximum atomic E-state index is 11.3. The largest absolute Gasteiger partial charge is 0.360 e. The number of amides is 1. The molecule has 1 N–H and O–H groups in total. The van der Waals surface area contributed by atoms with Crippen LogP contribution in [0.4, 0.5) is 5.69 Å². The van der Waals surface area contributed by atoms with E-state index in [0.717, 1.165) is 23.2 Å². The molecule has 2 rings (SSSR count). The summed E-state index contributed by atoms with van der Waals surface area (Å²) < 4.78 is 1.05. The first-order valence-corrected chi connectivity index (χ1v) is 5.74. The van der Waals surface area contributed by atoms with E-state index in [1.165, 1.54) is 5.56 Å². The minimum absolute atomic E-state index is 0.0914. The SMILES string of the molecule is Cc1ccc(N2CCNC(=O)C2)c(Br)c1. The molecular formula is C11H13BrN2O. The second-order valence-corrected chi connectivity index (χ2v) is 4.58. The van der Waals surface area contributed by atoms with Gasteiger partial charge in [-0.25, -0.2) is 0 Å². The second-order valence-electron chi connectivity index (χ2n) is 3.73. The van der Waals surface area contributed by atoms with Crippen LogP contribution < -0.4 is 10.2 Å². The molecule has 1 aliphatic rings. The Kier molecular flexibility index (Phi) is 2.95. The minimum atomic E-state index is 0.0914. The van der Waals surface area contributed by atoms with Gasteiger partial charge >= 0.3 is 0 Å². The molecule has 3 nitrogen and oxygen atoms in total. The number of rotatable bonds is 1. The highest BCUT2D eigenvalue weighted by Gasteiger charge is 2.17. The Bertz CT molecular complexity index is 392. The van der Waals surface area contributed by atoms with Crippen LogP contribution in [0.3, 0.4) is 0 Å². The maximum absolute atomic E-state index is 11.3. The van der Waals surface area contributed by atoms with Gasteiger partial charge in [-0.05, 0) is 40.5 Å². The van der Waals surface area contributed by atoms with Crippen LogP contribution in [0.5, 0.6) is 0 Å². The summed E-state index contributed by atoms with van der Waals surface area (Å²) in [6, 6.07) is 6.19. The summed E-state index contributed by atoms with van der Waals surface area (Å²) in [6.45, 7) is 4.09. The van der Waals surface area contributed by atoms with Crippen molar-refractivity contribution in [2.24, 2.45) is 0 Å². The highest BCUT2D eigenvalue weighted by molar-refractivity contribution is 9.10. The highest BCUT2D eigenvalue weighted by atomic mass is 79.9. The molecule has 80 valence electrons. The second kappa shape index (κ2) is 4.23. The van der Waals surface area contributed by atoms with Crippen LogP contribution in [0.1, 0.15) is 5.56 Å². The van der Waals surface area contributed by atoms with Gasteiger partial charge in [0.25, 0.3) is 0 Å². The Morgan fingerprint density at radius 1 is 1.47 bits per heavy atom. The predicted octanol–water partition coefficient (Wildman–Crippen LogP) is 1.69. The molecule has 1 aromatic rings. The van der Waals surface area contributed by atoms with Crippen LogP contribution in [-0.4, -0.2) is 25.5 Å². The van der Waals surface area contributed by atoms with Crippen molar-refractivity contribution in [2.75, 3.05) is 24.5 Å². The Morgan fingerprint density at radius 3 is 2.93 bits per heavy atom. The third-order valence-corrected chi connectivity index (χ3v) is 3.12. The standard InChI is InChI=1S/C11H13BrN2O/c1-8-2-3-10(9(12)6-8)14-5-4-13-11(15)7-14/h2-3,6H,4-5,7H2,1H3,(H,13,15). The topological polar surface area (TPSA) is 32.3 Å². The molecule has 0 aromatic heterocycles. The van der Waals surface area contributed by atoms with E-state index < -0.39 is 0 Å². The van der Waals surface area contributed by atoms with Gasteiger partial charge in [-0.2, -0.15) is 0 Å². The molecule has 15 heavy (non-hydrogen) atoms. The quantitative estimate of drug-likeness (QED) is 0.841. The zero-order valence-electron chi connectivity index (χ0n) is 8.59. The molecule has 1 fully saturated rings. The molecule has 1 aliphatic heterocycles. The van der Waals surface area contributed by atoms with Gasteiger partial charge < -0.3 is 10.2 Å². The van der Waals surface area contributed by atoms with Crippen molar-refractivity contribution in [3.63, 3.8) is 0 Å². The minimum Gasteiger partial charge on any atom is -0.360 e. The fourth-order valence-corrected chi connectivity index (χ4v) is 2.46. The van der Waals surface area contributed by atoms with E-state index in [1.54, 1.807) is 0 Å². The lowest BCUT2D eigenvalue weighted by Crippen LogP contribution is -2.47. The van der Waals surface area contributed by atoms with Gasteiger partial charge in [-0.1, -0.05) is 6.07 Å². The monoisotopic (exact) mass is 268 g/mol. The van der Waals surface area contributed by atoms with Crippen LogP contribution in [0.25, 0.3) is 0 Å². The first-order chi connectivity index (χ1) is 7.16. The Labute approximate surface area is 97.6 Å². The smallest absolute Gasteiger partial charge is 0.239 e. The van der Waals surface area contributed by atoms with E-state index in [2.05, 4.69) is 51.3 Å². The number of carbonyl (C=O) groups excluding carboxylic acids is 1. The zero-order valence-corrected chi connectivity index (χ0v) is 10.2. The summed E-state index contributed by atoms with van der Waals surface area (Å²) in [5, 5.41) is 2.82. The number of piperazine rings is 1. The van der Waals surface area contributed by atoms with E-state index in [1.807, 2.05) is 0 Å². The van der Waals surface area contributed by atoms with Crippen molar-refractivity contribution in [3.8, 4) is 0 Å². The van der Waals surface area contributed by atoms with Crippen molar-refractivity contribution in [1.82, 2.24) is 5.32 Å². The number of benzene rings is 1. The third-order valence-electron chi connectivity index (χ3n) is 2.48. The molecule has 0 atom stereocenters. The summed E-state index contributed by atoms with van der Waals surface area (Å²) in [7, 11) is 0. The normalized spacial score (nSPS) is 16.4. The molecule has 4 heteroatoms. The lowest BCUT2D eigenvalue weighted by atomic mass is 10.2. The first kappa shape index (κ1) is 10.5. The molecule has 0 radical (unpaired) electrons. The summed E-state index contributed by atoms with van der Waals surface area (Å²) in [6.07, 6.45) is 0. The maximum Gasteiger partial charge on any atom is 0.239 e. The lowest BCUT2D eigenvalue weighted by molar-refractivity contribution is -0.120. The molecule has 1 saturated heterocycles. The van der Waals surface area contributed by atoms with Crippen molar-refractivity contribution in [3.05, 3.63) is 28.2 Å². The molecule has 0 saturated carbocycles. The third kappa shape index (κ3) is 2.31. The number of nitrogens with one attached hydrogen (secondary N) is 1. The summed E-state index contributed by atoms with van der Waals surface area (Å²) in [5.41, 5.74) is 2.31. The van der Waals surface area contributed by atoms with E-state index in [0.29, 0.717) is 6.54 Å². The average molecular weight is 269 g/mol. The van der Waals surface area contributed by atoms with Crippen LogP contribution >= 0.6 is 15.9 Å². The van der Waals surface area contributed by atoms with Crippen molar-refractivity contribution in [1.29, 1.82) is 0 Å². The fraction of sp³-hybridized carbons (Fsp3) is 0.364.